The van der Waals surface area contributed by atoms with Crippen LogP contribution in [0.4, 0.5) is 0 Å². The van der Waals surface area contributed by atoms with Crippen molar-refractivity contribution in [2.75, 3.05) is 18.6 Å². The number of nitrogens with one attached hydrogen (secondary N) is 1. The second-order valence-electron chi connectivity index (χ2n) is 3.14. The van der Waals surface area contributed by atoms with Gasteiger partial charge in [-0.15, -0.1) is 23.5 Å². The first-order chi connectivity index (χ1) is 8.22. The van der Waals surface area contributed by atoms with E-state index in [0.717, 1.165) is 15.5 Å². The van der Waals surface area contributed by atoms with Gasteiger partial charge in [0.1, 0.15) is 6.07 Å². The molecule has 1 aromatic carbocycles. The van der Waals surface area contributed by atoms with Gasteiger partial charge in [-0.25, -0.2) is 0 Å². The molecule has 0 atom stereocenters. The van der Waals surface area contributed by atoms with E-state index in [2.05, 4.69) is 18.3 Å². The molecule has 1 amide bonds. The summed E-state index contributed by atoms with van der Waals surface area (Å²) in [7, 11) is 1.61. The number of carbonyl (C=O) groups excluding carboxylic acids is 1. The van der Waals surface area contributed by atoms with Gasteiger partial charge in [-0.05, 0) is 17.9 Å². The van der Waals surface area contributed by atoms with E-state index < -0.39 is 0 Å². The zero-order chi connectivity index (χ0) is 12.7. The molecule has 1 aromatic rings. The molecule has 5 heteroatoms. The van der Waals surface area contributed by atoms with E-state index in [1.54, 1.807) is 18.8 Å². The number of hydrogen-bond acceptors (Lipinski definition) is 4. The fourth-order valence-corrected chi connectivity index (χ4v) is 2.99. The monoisotopic (exact) mass is 266 g/mol. The molecular formula is C12H14N2OS2. The number of rotatable bonds is 5. The van der Waals surface area contributed by atoms with Gasteiger partial charge in [-0.3, -0.25) is 4.79 Å². The molecule has 0 unspecified atom stereocenters. The summed E-state index contributed by atoms with van der Waals surface area (Å²) in [4.78, 5) is 13.0. The summed E-state index contributed by atoms with van der Waals surface area (Å²) in [6.45, 7) is 2.05. The summed E-state index contributed by atoms with van der Waals surface area (Å²) >= 11 is 3.04. The molecule has 0 aliphatic heterocycles. The summed E-state index contributed by atoms with van der Waals surface area (Å²) in [6, 6.07) is 7.96. The fourth-order valence-electron chi connectivity index (χ4n) is 1.23. The smallest absolute Gasteiger partial charge is 0.230 e. The molecule has 1 rings (SSSR count). The second-order valence-corrected chi connectivity index (χ2v) is 5.46. The average Bonchev–Trinajstić information content (AvgIpc) is 2.36. The van der Waals surface area contributed by atoms with Crippen molar-refractivity contribution in [2.45, 2.75) is 16.7 Å². The van der Waals surface area contributed by atoms with Crippen molar-refractivity contribution < 1.29 is 4.79 Å². The van der Waals surface area contributed by atoms with E-state index >= 15 is 0 Å². The summed E-state index contributed by atoms with van der Waals surface area (Å²) in [6.07, 6.45) is 0. The van der Waals surface area contributed by atoms with Crippen LogP contribution < -0.4 is 5.32 Å². The minimum Gasteiger partial charge on any atom is -0.358 e. The lowest BCUT2D eigenvalue weighted by molar-refractivity contribution is -0.118. The van der Waals surface area contributed by atoms with Crippen LogP contribution in [-0.2, 0) is 4.79 Å². The standard InChI is InChI=1S/C12H14N2OS2/c1-3-16-10-5-4-6-11(9(10)7-13)17-8-12(15)14-2/h4-6H,3,8H2,1-2H3,(H,14,15). The highest BCUT2D eigenvalue weighted by atomic mass is 32.2. The molecule has 0 spiro atoms. The van der Waals surface area contributed by atoms with Crippen molar-refractivity contribution in [3.63, 3.8) is 0 Å². The molecule has 0 aromatic heterocycles. The Morgan fingerprint density at radius 3 is 2.59 bits per heavy atom. The number of amides is 1. The molecule has 0 heterocycles. The van der Waals surface area contributed by atoms with E-state index in [4.69, 9.17) is 0 Å². The van der Waals surface area contributed by atoms with E-state index in [0.29, 0.717) is 11.3 Å². The van der Waals surface area contributed by atoms with E-state index in [9.17, 15) is 10.1 Å². The Morgan fingerprint density at radius 2 is 2.06 bits per heavy atom. The Balaban J connectivity index is 2.88. The number of nitrogens with zero attached hydrogens (tertiary/aromatic N) is 1. The lowest BCUT2D eigenvalue weighted by atomic mass is 10.2. The van der Waals surface area contributed by atoms with Crippen LogP contribution in [0.3, 0.4) is 0 Å². The Labute approximate surface area is 110 Å². The van der Waals surface area contributed by atoms with Crippen LogP contribution in [0.1, 0.15) is 12.5 Å². The first kappa shape index (κ1) is 13.9. The molecule has 0 aliphatic carbocycles. The molecule has 17 heavy (non-hydrogen) atoms. The van der Waals surface area contributed by atoms with Gasteiger partial charge in [-0.1, -0.05) is 13.0 Å². The molecule has 0 saturated carbocycles. The molecule has 3 nitrogen and oxygen atoms in total. The van der Waals surface area contributed by atoms with Crippen molar-refractivity contribution in [3.05, 3.63) is 23.8 Å². The van der Waals surface area contributed by atoms with Crippen molar-refractivity contribution in [2.24, 2.45) is 0 Å². The molecule has 0 radical (unpaired) electrons. The Kier molecular flexibility index (Phi) is 5.95. The maximum atomic E-state index is 11.2. The maximum absolute atomic E-state index is 11.2. The number of carbonyl (C=O) groups is 1. The van der Waals surface area contributed by atoms with E-state index in [1.165, 1.54) is 11.8 Å². The van der Waals surface area contributed by atoms with Crippen molar-refractivity contribution in [1.82, 2.24) is 5.32 Å². The predicted molar refractivity (Wildman–Crippen MR) is 72.3 cm³/mol. The van der Waals surface area contributed by atoms with Gasteiger partial charge >= 0.3 is 0 Å². The lowest BCUT2D eigenvalue weighted by Crippen LogP contribution is -2.19. The van der Waals surface area contributed by atoms with Gasteiger partial charge in [0.15, 0.2) is 0 Å². The first-order valence-corrected chi connectivity index (χ1v) is 7.19. The quantitative estimate of drug-likeness (QED) is 0.832. The Hall–Kier alpha value is -1.12. The molecule has 0 aliphatic rings. The lowest BCUT2D eigenvalue weighted by Gasteiger charge is -2.07. The first-order valence-electron chi connectivity index (χ1n) is 5.22. The van der Waals surface area contributed by atoms with Crippen molar-refractivity contribution in [1.29, 1.82) is 5.26 Å². The van der Waals surface area contributed by atoms with Gasteiger partial charge in [0, 0.05) is 16.8 Å². The summed E-state index contributed by atoms with van der Waals surface area (Å²) in [5.74, 6) is 1.23. The minimum absolute atomic E-state index is 0.0348. The highest BCUT2D eigenvalue weighted by Gasteiger charge is 2.09. The normalized spacial score (nSPS) is 9.71. The van der Waals surface area contributed by atoms with Gasteiger partial charge in [0.05, 0.1) is 11.3 Å². The molecule has 0 saturated heterocycles. The number of thioether (sulfide) groups is 2. The van der Waals surface area contributed by atoms with Crippen LogP contribution in [0.5, 0.6) is 0 Å². The average molecular weight is 266 g/mol. The summed E-state index contributed by atoms with van der Waals surface area (Å²) in [5.41, 5.74) is 0.674. The topological polar surface area (TPSA) is 52.9 Å². The van der Waals surface area contributed by atoms with Crippen molar-refractivity contribution >= 4 is 29.4 Å². The third-order valence-electron chi connectivity index (χ3n) is 2.04. The van der Waals surface area contributed by atoms with Gasteiger partial charge in [-0.2, -0.15) is 5.26 Å². The largest absolute Gasteiger partial charge is 0.358 e. The SMILES string of the molecule is CCSc1cccc(SCC(=O)NC)c1C#N. The molecular weight excluding hydrogens is 252 g/mol. The summed E-state index contributed by atoms with van der Waals surface area (Å²) < 4.78 is 0. The number of nitriles is 1. The molecule has 90 valence electrons. The molecule has 0 fully saturated rings. The maximum Gasteiger partial charge on any atom is 0.230 e. The van der Waals surface area contributed by atoms with Crippen LogP contribution in [-0.4, -0.2) is 24.5 Å². The van der Waals surface area contributed by atoms with Gasteiger partial charge in [0.2, 0.25) is 5.91 Å². The molecule has 1 N–H and O–H groups in total. The Morgan fingerprint density at radius 1 is 1.41 bits per heavy atom. The van der Waals surface area contributed by atoms with E-state index in [-0.39, 0.29) is 5.91 Å². The third kappa shape index (κ3) is 3.99. The van der Waals surface area contributed by atoms with E-state index in [1.807, 2.05) is 18.2 Å². The zero-order valence-corrected chi connectivity index (χ0v) is 11.5. The van der Waals surface area contributed by atoms with Crippen LogP contribution in [0, 0.1) is 11.3 Å². The van der Waals surface area contributed by atoms with Crippen LogP contribution in [0.25, 0.3) is 0 Å². The fraction of sp³-hybridized carbons (Fsp3) is 0.333. The zero-order valence-electron chi connectivity index (χ0n) is 9.82. The highest BCUT2D eigenvalue weighted by Crippen LogP contribution is 2.30. The van der Waals surface area contributed by atoms with Crippen molar-refractivity contribution in [3.8, 4) is 6.07 Å². The summed E-state index contributed by atoms with van der Waals surface area (Å²) in [5, 5.41) is 11.7. The number of hydrogen-bond donors (Lipinski definition) is 1. The Bertz CT molecular complexity index is 441. The number of benzene rings is 1. The minimum atomic E-state index is -0.0348. The second kappa shape index (κ2) is 7.25. The third-order valence-corrected chi connectivity index (χ3v) is 4.03. The van der Waals surface area contributed by atoms with Gasteiger partial charge < -0.3 is 5.32 Å². The van der Waals surface area contributed by atoms with Crippen LogP contribution in [0.15, 0.2) is 28.0 Å². The van der Waals surface area contributed by atoms with Crippen LogP contribution >= 0.6 is 23.5 Å². The highest BCUT2D eigenvalue weighted by molar-refractivity contribution is 8.00. The predicted octanol–water partition coefficient (Wildman–Crippen LogP) is 2.51. The van der Waals surface area contributed by atoms with Gasteiger partial charge in [0.25, 0.3) is 0 Å². The van der Waals surface area contributed by atoms with Crippen LogP contribution in [0.2, 0.25) is 0 Å². The molecule has 0 bridgehead atoms.